The normalized spacial score (nSPS) is 21.6. The van der Waals surface area contributed by atoms with Gasteiger partial charge in [0.05, 0.1) is 24.2 Å². The molecule has 2 saturated heterocycles. The summed E-state index contributed by atoms with van der Waals surface area (Å²) in [5, 5.41) is 11.6. The van der Waals surface area contributed by atoms with Crippen molar-refractivity contribution in [1.82, 2.24) is 15.1 Å². The molecule has 0 bridgehead atoms. The van der Waals surface area contributed by atoms with Crippen molar-refractivity contribution < 1.29 is 9.59 Å². The molecule has 0 aliphatic carbocycles. The second kappa shape index (κ2) is 5.54. The molecule has 1 aromatic rings. The fourth-order valence-electron chi connectivity index (χ4n) is 2.84. The van der Waals surface area contributed by atoms with Gasteiger partial charge in [0, 0.05) is 31.7 Å². The Morgan fingerprint density at radius 1 is 1.33 bits per heavy atom. The maximum Gasteiger partial charge on any atom is 0.317 e. The van der Waals surface area contributed by atoms with Crippen LogP contribution in [0.4, 0.5) is 4.79 Å². The van der Waals surface area contributed by atoms with Crippen LogP contribution in [0.15, 0.2) is 24.3 Å². The van der Waals surface area contributed by atoms with Gasteiger partial charge in [0.1, 0.15) is 0 Å². The van der Waals surface area contributed by atoms with Gasteiger partial charge in [-0.25, -0.2) is 4.79 Å². The van der Waals surface area contributed by atoms with Gasteiger partial charge in [0.25, 0.3) is 0 Å². The Morgan fingerprint density at radius 2 is 2.10 bits per heavy atom. The molecule has 21 heavy (non-hydrogen) atoms. The lowest BCUT2D eigenvalue weighted by Gasteiger charge is -2.35. The van der Waals surface area contributed by atoms with Crippen molar-refractivity contribution in [3.8, 4) is 6.07 Å². The minimum absolute atomic E-state index is 0.00179. The van der Waals surface area contributed by atoms with Crippen LogP contribution in [0.25, 0.3) is 0 Å². The Hall–Kier alpha value is -2.39. The van der Waals surface area contributed by atoms with Gasteiger partial charge in [0.15, 0.2) is 5.78 Å². The van der Waals surface area contributed by atoms with Crippen molar-refractivity contribution in [2.24, 2.45) is 0 Å². The molecule has 0 saturated carbocycles. The number of carbonyl (C=O) groups is 2. The van der Waals surface area contributed by atoms with Crippen LogP contribution in [0, 0.1) is 11.3 Å². The summed E-state index contributed by atoms with van der Waals surface area (Å²) in [4.78, 5) is 27.7. The first kappa shape index (κ1) is 13.6. The summed E-state index contributed by atoms with van der Waals surface area (Å²) in [7, 11) is 0. The standard InChI is InChI=1S/C15H16N4O2/c16-7-11-1-3-12(4-2-11)14(20)10-18-5-6-19-13(9-18)8-17-15(19)21/h1-4,13H,5-6,8-10H2,(H,17,21). The fraction of sp³-hybridized carbons (Fsp3) is 0.400. The van der Waals surface area contributed by atoms with Gasteiger partial charge in [-0.3, -0.25) is 9.69 Å². The number of amides is 2. The first-order valence-corrected chi connectivity index (χ1v) is 6.97. The number of urea groups is 1. The molecule has 2 heterocycles. The van der Waals surface area contributed by atoms with Crippen molar-refractivity contribution in [1.29, 1.82) is 5.26 Å². The number of benzene rings is 1. The summed E-state index contributed by atoms with van der Waals surface area (Å²) < 4.78 is 0. The summed E-state index contributed by atoms with van der Waals surface area (Å²) >= 11 is 0. The molecule has 2 fully saturated rings. The average molecular weight is 284 g/mol. The van der Waals surface area contributed by atoms with Crippen LogP contribution in [0.2, 0.25) is 0 Å². The van der Waals surface area contributed by atoms with Gasteiger partial charge >= 0.3 is 6.03 Å². The highest BCUT2D eigenvalue weighted by atomic mass is 16.2. The van der Waals surface area contributed by atoms with Crippen LogP contribution in [0.1, 0.15) is 15.9 Å². The second-order valence-corrected chi connectivity index (χ2v) is 5.38. The molecule has 1 aromatic carbocycles. The monoisotopic (exact) mass is 284 g/mol. The minimum Gasteiger partial charge on any atom is -0.336 e. The number of piperazine rings is 1. The van der Waals surface area contributed by atoms with Gasteiger partial charge in [-0.05, 0) is 12.1 Å². The molecule has 1 atom stereocenters. The molecule has 2 aliphatic rings. The van der Waals surface area contributed by atoms with E-state index in [1.54, 1.807) is 24.3 Å². The van der Waals surface area contributed by atoms with Crippen LogP contribution in [0.3, 0.4) is 0 Å². The molecule has 0 spiro atoms. The first-order chi connectivity index (χ1) is 10.2. The maximum absolute atomic E-state index is 12.2. The molecule has 0 aromatic heterocycles. The van der Waals surface area contributed by atoms with Crippen molar-refractivity contribution in [2.75, 3.05) is 32.7 Å². The molecule has 108 valence electrons. The van der Waals surface area contributed by atoms with E-state index in [-0.39, 0.29) is 17.9 Å². The Bertz CT molecular complexity index is 605. The Labute approximate surface area is 122 Å². The van der Waals surface area contributed by atoms with E-state index in [0.29, 0.717) is 37.3 Å². The molecule has 2 amide bonds. The molecule has 2 aliphatic heterocycles. The number of fused-ring (bicyclic) bond motifs is 1. The highest BCUT2D eigenvalue weighted by Gasteiger charge is 2.35. The van der Waals surface area contributed by atoms with E-state index in [1.165, 1.54) is 0 Å². The van der Waals surface area contributed by atoms with Crippen LogP contribution >= 0.6 is 0 Å². The average Bonchev–Trinajstić information content (AvgIpc) is 2.88. The SMILES string of the molecule is N#Cc1ccc(C(=O)CN2CCN3C(=O)NCC3C2)cc1. The zero-order chi connectivity index (χ0) is 14.8. The lowest BCUT2D eigenvalue weighted by atomic mass is 10.1. The van der Waals surface area contributed by atoms with Gasteiger partial charge in [0.2, 0.25) is 0 Å². The Morgan fingerprint density at radius 3 is 2.81 bits per heavy atom. The molecular formula is C15H16N4O2. The van der Waals surface area contributed by atoms with Crippen molar-refractivity contribution in [2.45, 2.75) is 6.04 Å². The summed E-state index contributed by atoms with van der Waals surface area (Å²) in [5.41, 5.74) is 1.17. The Balaban J connectivity index is 1.60. The number of ketones is 1. The number of Topliss-reactive ketones (excluding diaryl/α,β-unsaturated/α-hetero) is 1. The van der Waals surface area contributed by atoms with Crippen LogP contribution in [0.5, 0.6) is 0 Å². The van der Waals surface area contributed by atoms with Crippen molar-refractivity contribution in [3.05, 3.63) is 35.4 Å². The molecule has 6 nitrogen and oxygen atoms in total. The van der Waals surface area contributed by atoms with E-state index in [4.69, 9.17) is 5.26 Å². The predicted octanol–water partition coefficient (Wildman–Crippen LogP) is 0.450. The number of rotatable bonds is 3. The van der Waals surface area contributed by atoms with E-state index < -0.39 is 0 Å². The van der Waals surface area contributed by atoms with Gasteiger partial charge in [-0.1, -0.05) is 12.1 Å². The number of nitrogens with one attached hydrogen (secondary N) is 1. The minimum atomic E-state index is -0.00179. The van der Waals surface area contributed by atoms with Gasteiger partial charge < -0.3 is 10.2 Å². The van der Waals surface area contributed by atoms with E-state index in [1.807, 2.05) is 11.0 Å². The lowest BCUT2D eigenvalue weighted by molar-refractivity contribution is 0.0838. The second-order valence-electron chi connectivity index (χ2n) is 5.38. The number of hydrogen-bond donors (Lipinski definition) is 1. The predicted molar refractivity (Wildman–Crippen MR) is 75.8 cm³/mol. The van der Waals surface area contributed by atoms with E-state index >= 15 is 0 Å². The third-order valence-corrected chi connectivity index (χ3v) is 4.02. The van der Waals surface area contributed by atoms with Crippen LogP contribution in [-0.2, 0) is 0 Å². The van der Waals surface area contributed by atoms with Gasteiger partial charge in [-0.2, -0.15) is 5.26 Å². The maximum atomic E-state index is 12.2. The lowest BCUT2D eigenvalue weighted by Crippen LogP contribution is -2.53. The molecule has 6 heteroatoms. The topological polar surface area (TPSA) is 76.4 Å². The van der Waals surface area contributed by atoms with E-state index in [9.17, 15) is 9.59 Å². The van der Waals surface area contributed by atoms with Crippen LogP contribution in [-0.4, -0.2) is 60.4 Å². The smallest absolute Gasteiger partial charge is 0.317 e. The van der Waals surface area contributed by atoms with Gasteiger partial charge in [-0.15, -0.1) is 0 Å². The Kier molecular flexibility index (Phi) is 3.59. The molecule has 0 radical (unpaired) electrons. The van der Waals surface area contributed by atoms with E-state index in [2.05, 4.69) is 10.2 Å². The number of hydrogen-bond acceptors (Lipinski definition) is 4. The highest BCUT2D eigenvalue weighted by molar-refractivity contribution is 5.97. The highest BCUT2D eigenvalue weighted by Crippen LogP contribution is 2.15. The number of carbonyl (C=O) groups excluding carboxylic acids is 2. The molecule has 1 N–H and O–H groups in total. The van der Waals surface area contributed by atoms with Crippen LogP contribution < -0.4 is 5.32 Å². The van der Waals surface area contributed by atoms with E-state index in [0.717, 1.165) is 6.54 Å². The summed E-state index contributed by atoms with van der Waals surface area (Å²) in [6.07, 6.45) is 0. The molecular weight excluding hydrogens is 268 g/mol. The summed E-state index contributed by atoms with van der Waals surface area (Å²) in [5.74, 6) is 0.0465. The summed E-state index contributed by atoms with van der Waals surface area (Å²) in [6.45, 7) is 3.11. The number of nitriles is 1. The molecule has 3 rings (SSSR count). The zero-order valence-corrected chi connectivity index (χ0v) is 11.6. The largest absolute Gasteiger partial charge is 0.336 e. The third-order valence-electron chi connectivity index (χ3n) is 4.02. The summed E-state index contributed by atoms with van der Waals surface area (Å²) in [6, 6.07) is 8.90. The molecule has 1 unspecified atom stereocenters. The quantitative estimate of drug-likeness (QED) is 0.818. The van der Waals surface area contributed by atoms with Crippen molar-refractivity contribution >= 4 is 11.8 Å². The van der Waals surface area contributed by atoms with Crippen molar-refractivity contribution in [3.63, 3.8) is 0 Å². The number of nitrogens with zero attached hydrogens (tertiary/aromatic N) is 3. The fourth-order valence-corrected chi connectivity index (χ4v) is 2.84. The first-order valence-electron chi connectivity index (χ1n) is 6.97. The third kappa shape index (κ3) is 2.73. The zero-order valence-electron chi connectivity index (χ0n) is 11.6.